The number of aromatic nitrogens is 6. The number of nitrogens with zero attached hydrogens (tertiary/aromatic N) is 8. The van der Waals surface area contributed by atoms with Crippen molar-refractivity contribution in [3.8, 4) is 17.3 Å². The fourth-order valence-corrected chi connectivity index (χ4v) is 5.38. The second-order valence-corrected chi connectivity index (χ2v) is 9.71. The van der Waals surface area contributed by atoms with Crippen molar-refractivity contribution in [3.63, 3.8) is 0 Å². The Kier molecular flexibility index (Phi) is 5.35. The van der Waals surface area contributed by atoms with Gasteiger partial charge in [-0.2, -0.15) is 19.5 Å². The highest BCUT2D eigenvalue weighted by Gasteiger charge is 2.34. The largest absolute Gasteiger partial charge is 0.493 e. The van der Waals surface area contributed by atoms with E-state index in [1.807, 2.05) is 24.4 Å². The summed E-state index contributed by atoms with van der Waals surface area (Å²) in [5.41, 5.74) is 7.20. The third-order valence-corrected chi connectivity index (χ3v) is 7.31. The molecule has 1 aromatic carbocycles. The van der Waals surface area contributed by atoms with E-state index in [0.717, 1.165) is 62.3 Å². The highest BCUT2D eigenvalue weighted by Crippen LogP contribution is 2.28. The number of fused-ring (bicyclic) bond motifs is 3. The van der Waals surface area contributed by atoms with Crippen molar-refractivity contribution in [2.75, 3.05) is 43.4 Å². The van der Waals surface area contributed by atoms with E-state index in [4.69, 9.17) is 14.9 Å². The molecule has 0 unspecified atom stereocenters. The summed E-state index contributed by atoms with van der Waals surface area (Å²) in [6, 6.07) is 14.2. The maximum Gasteiger partial charge on any atom is 0.259 e. The van der Waals surface area contributed by atoms with Crippen LogP contribution in [0.2, 0.25) is 0 Å². The maximum absolute atomic E-state index is 6.22. The van der Waals surface area contributed by atoms with E-state index in [0.29, 0.717) is 35.3 Å². The molecule has 0 aliphatic carbocycles. The number of furan rings is 1. The molecular weight excluding hydrogens is 470 g/mol. The first kappa shape index (κ1) is 22.0. The summed E-state index contributed by atoms with van der Waals surface area (Å²) in [5, 5.41) is 5.49. The van der Waals surface area contributed by atoms with Gasteiger partial charge in [0.15, 0.2) is 5.76 Å². The Labute approximate surface area is 212 Å². The van der Waals surface area contributed by atoms with Gasteiger partial charge in [-0.3, -0.25) is 9.88 Å². The number of hydrogen-bond acceptors (Lipinski definition) is 10. The number of rotatable bonds is 5. The molecule has 0 radical (unpaired) electrons. The van der Waals surface area contributed by atoms with Gasteiger partial charge in [-0.25, -0.2) is 0 Å². The minimum absolute atomic E-state index is 0.262. The lowest BCUT2D eigenvalue weighted by molar-refractivity contribution is 0.0726. The minimum atomic E-state index is 0.262. The summed E-state index contributed by atoms with van der Waals surface area (Å²) < 4.78 is 13.0. The minimum Gasteiger partial charge on any atom is -0.493 e. The number of anilines is 2. The van der Waals surface area contributed by atoms with Gasteiger partial charge in [-0.05, 0) is 49.2 Å². The zero-order valence-electron chi connectivity index (χ0n) is 20.3. The molecule has 11 heteroatoms. The van der Waals surface area contributed by atoms with Crippen LogP contribution in [0.1, 0.15) is 12.8 Å². The Bertz CT molecular complexity index is 1550. The third kappa shape index (κ3) is 4.20. The van der Waals surface area contributed by atoms with E-state index in [-0.39, 0.29) is 5.95 Å². The zero-order chi connectivity index (χ0) is 24.8. The third-order valence-electron chi connectivity index (χ3n) is 7.31. The molecule has 2 saturated heterocycles. The number of nitrogens with two attached hydrogens (primary N) is 1. The van der Waals surface area contributed by atoms with Gasteiger partial charge in [0, 0.05) is 49.7 Å². The van der Waals surface area contributed by atoms with Crippen LogP contribution in [-0.4, -0.2) is 73.3 Å². The Balaban J connectivity index is 0.996. The zero-order valence-corrected chi connectivity index (χ0v) is 20.3. The second kappa shape index (κ2) is 9.00. The van der Waals surface area contributed by atoms with Gasteiger partial charge in [0.2, 0.25) is 17.7 Å². The number of nitrogen functional groups attached to an aromatic ring is 1. The van der Waals surface area contributed by atoms with Crippen LogP contribution in [0.3, 0.4) is 0 Å². The fraction of sp³-hybridized carbons (Fsp3) is 0.346. The Morgan fingerprint density at radius 2 is 2.00 bits per heavy atom. The van der Waals surface area contributed by atoms with E-state index >= 15 is 0 Å². The Morgan fingerprint density at radius 3 is 2.92 bits per heavy atom. The number of piperidine rings is 1. The van der Waals surface area contributed by atoms with Crippen LogP contribution in [-0.2, 0) is 0 Å². The normalized spacial score (nSPS) is 20.4. The van der Waals surface area contributed by atoms with Crippen molar-refractivity contribution in [3.05, 3.63) is 54.9 Å². The molecule has 188 valence electrons. The van der Waals surface area contributed by atoms with Crippen LogP contribution in [0, 0.1) is 5.92 Å². The molecule has 0 saturated carbocycles. The summed E-state index contributed by atoms with van der Waals surface area (Å²) >= 11 is 0. The van der Waals surface area contributed by atoms with Crippen molar-refractivity contribution in [1.82, 2.24) is 34.4 Å². The molecule has 0 bridgehead atoms. The average molecular weight is 498 g/mol. The summed E-state index contributed by atoms with van der Waals surface area (Å²) in [6.07, 6.45) is 5.64. The topological polar surface area (TPSA) is 124 Å². The van der Waals surface area contributed by atoms with Gasteiger partial charge in [-0.1, -0.05) is 6.07 Å². The quantitative estimate of drug-likeness (QED) is 0.388. The lowest BCUT2D eigenvalue weighted by Gasteiger charge is -2.46. The molecule has 0 amide bonds. The van der Waals surface area contributed by atoms with Gasteiger partial charge in [0.1, 0.15) is 5.75 Å². The molecular formula is C26H27N9O2. The molecule has 11 nitrogen and oxygen atoms in total. The maximum atomic E-state index is 6.22. The lowest BCUT2D eigenvalue weighted by Crippen LogP contribution is -2.57. The van der Waals surface area contributed by atoms with Gasteiger partial charge < -0.3 is 19.8 Å². The predicted octanol–water partition coefficient (Wildman–Crippen LogP) is 2.89. The molecule has 2 aliphatic heterocycles. The van der Waals surface area contributed by atoms with Crippen molar-refractivity contribution in [2.24, 2.45) is 5.92 Å². The monoisotopic (exact) mass is 497 g/mol. The first-order chi connectivity index (χ1) is 18.2. The number of benzene rings is 1. The van der Waals surface area contributed by atoms with Crippen molar-refractivity contribution in [1.29, 1.82) is 0 Å². The van der Waals surface area contributed by atoms with E-state index in [1.54, 1.807) is 18.4 Å². The van der Waals surface area contributed by atoms with Gasteiger partial charge >= 0.3 is 0 Å². The van der Waals surface area contributed by atoms with Gasteiger partial charge in [-0.15, -0.1) is 5.10 Å². The lowest BCUT2D eigenvalue weighted by atomic mass is 9.91. The summed E-state index contributed by atoms with van der Waals surface area (Å²) in [4.78, 5) is 22.9. The van der Waals surface area contributed by atoms with Crippen LogP contribution in [0.5, 0.6) is 5.75 Å². The molecule has 2 atom stereocenters. The second-order valence-electron chi connectivity index (χ2n) is 9.71. The first-order valence-electron chi connectivity index (χ1n) is 12.6. The fourth-order valence-electron chi connectivity index (χ4n) is 5.38. The van der Waals surface area contributed by atoms with Crippen molar-refractivity contribution in [2.45, 2.75) is 18.9 Å². The summed E-state index contributed by atoms with van der Waals surface area (Å²) in [5.74, 6) is 3.69. The molecule has 4 aromatic heterocycles. The molecule has 37 heavy (non-hydrogen) atoms. The molecule has 2 aliphatic rings. The van der Waals surface area contributed by atoms with E-state index < -0.39 is 0 Å². The predicted molar refractivity (Wildman–Crippen MR) is 138 cm³/mol. The van der Waals surface area contributed by atoms with Crippen molar-refractivity contribution < 1.29 is 9.15 Å². The summed E-state index contributed by atoms with van der Waals surface area (Å²) in [7, 11) is 0. The molecule has 2 fully saturated rings. The molecule has 6 heterocycles. The van der Waals surface area contributed by atoms with Gasteiger partial charge in [0.25, 0.3) is 5.78 Å². The van der Waals surface area contributed by atoms with Crippen LogP contribution in [0.15, 0.2) is 59.3 Å². The molecule has 2 N–H and O–H groups in total. The van der Waals surface area contributed by atoms with Crippen LogP contribution >= 0.6 is 0 Å². The standard InChI is InChI=1S/C26H27N9O2/c27-24-30-25(31-26-29-23(32-35(24)26)22-4-2-12-36-22)34-11-10-33-14-17(5-6-19(33)15-34)16-37-20-7-8-21-18(13-20)3-1-9-28-21/h1-4,7-9,12-13,17,19H,5-6,10-11,14-16H2,(H2,27,29,30,31,32)/t17-,19-/m0/s1. The van der Waals surface area contributed by atoms with Crippen molar-refractivity contribution >= 4 is 28.6 Å². The first-order valence-corrected chi connectivity index (χ1v) is 12.6. The highest BCUT2D eigenvalue weighted by atomic mass is 16.5. The van der Waals surface area contributed by atoms with Crippen LogP contribution < -0.4 is 15.4 Å². The van der Waals surface area contributed by atoms with Gasteiger partial charge in [0.05, 0.1) is 18.4 Å². The average Bonchev–Trinajstić information content (AvgIpc) is 3.62. The van der Waals surface area contributed by atoms with E-state index in [2.05, 4.69) is 47.0 Å². The SMILES string of the molecule is Nc1nc(N2CCN3C[C@@H](COc4ccc5ncccc5c4)CC[C@H]3C2)nc2nc(-c3ccco3)nn12. The Hall–Kier alpha value is -4.25. The molecule has 7 rings (SSSR count). The van der Waals surface area contributed by atoms with E-state index in [1.165, 1.54) is 4.52 Å². The molecule has 5 aromatic rings. The molecule has 0 spiro atoms. The van der Waals surface area contributed by atoms with Crippen LogP contribution in [0.4, 0.5) is 11.9 Å². The number of hydrogen-bond donors (Lipinski definition) is 1. The summed E-state index contributed by atoms with van der Waals surface area (Å²) in [6.45, 7) is 4.39. The Morgan fingerprint density at radius 1 is 1.03 bits per heavy atom. The smallest absolute Gasteiger partial charge is 0.259 e. The number of piperazine rings is 1. The number of ether oxygens (including phenoxy) is 1. The number of pyridine rings is 1. The highest BCUT2D eigenvalue weighted by molar-refractivity contribution is 5.79. The van der Waals surface area contributed by atoms with E-state index in [9.17, 15) is 0 Å². The van der Waals surface area contributed by atoms with Crippen LogP contribution in [0.25, 0.3) is 28.3 Å².